The molecule has 0 spiro atoms. The summed E-state index contributed by atoms with van der Waals surface area (Å²) in [4.78, 5) is 44.8. The van der Waals surface area contributed by atoms with Crippen LogP contribution in [0.2, 0.25) is 0 Å². The summed E-state index contributed by atoms with van der Waals surface area (Å²) < 4.78 is 68.9. The van der Waals surface area contributed by atoms with Crippen LogP contribution >= 0.6 is 31.9 Å². The topological polar surface area (TPSA) is 191 Å². The van der Waals surface area contributed by atoms with E-state index in [1.54, 1.807) is 36.4 Å². The van der Waals surface area contributed by atoms with Crippen molar-refractivity contribution < 1.29 is 26.3 Å². The highest BCUT2D eigenvalue weighted by molar-refractivity contribution is 9.10. The van der Waals surface area contributed by atoms with Crippen LogP contribution in [-0.4, -0.2) is 135 Å². The minimum Gasteiger partial charge on any atom is -0.493 e. The van der Waals surface area contributed by atoms with Crippen molar-refractivity contribution in [2.45, 2.75) is 108 Å². The highest BCUT2D eigenvalue weighted by Crippen LogP contribution is 2.34. The molecule has 0 radical (unpaired) electrons. The van der Waals surface area contributed by atoms with Crippen molar-refractivity contribution in [1.82, 2.24) is 38.3 Å². The molecule has 2 aliphatic rings. The van der Waals surface area contributed by atoms with E-state index in [2.05, 4.69) is 70.5 Å². The zero-order valence-electron chi connectivity index (χ0n) is 40.0. The average Bonchev–Trinajstić information content (AvgIpc) is 3.30. The number of ether oxygens (including phenoxy) is 2. The van der Waals surface area contributed by atoms with E-state index in [1.165, 1.54) is 34.3 Å². The number of piperazine rings is 2. The number of unbranched alkanes of at least 4 members (excludes halogenated alkanes) is 6. The Morgan fingerprint density at radius 2 is 1.09 bits per heavy atom. The van der Waals surface area contributed by atoms with Crippen LogP contribution in [0.3, 0.4) is 0 Å². The molecule has 4 heterocycles. The Morgan fingerprint density at radius 3 is 1.58 bits per heavy atom. The zero-order valence-corrected chi connectivity index (χ0v) is 44.8. The summed E-state index contributed by atoms with van der Waals surface area (Å²) in [5.74, 6) is 1.60. The number of hydrogen-bond acceptors (Lipinski definition) is 12. The summed E-state index contributed by atoms with van der Waals surface area (Å²) in [7, 11) is -3.40. The van der Waals surface area contributed by atoms with Crippen LogP contribution in [0, 0.1) is 0 Å². The molecule has 0 saturated carbocycles. The third-order valence-corrected chi connectivity index (χ3v) is 17.2. The van der Waals surface area contributed by atoms with Crippen molar-refractivity contribution in [2.24, 2.45) is 0 Å². The minimum absolute atomic E-state index is 0.00661. The quantitative estimate of drug-likeness (QED) is 0.0816. The number of sulfonamides is 2. The monoisotopic (exact) mass is 1090 g/mol. The van der Waals surface area contributed by atoms with Gasteiger partial charge in [0.05, 0.1) is 45.5 Å². The predicted octanol–water partition coefficient (Wildman–Crippen LogP) is 7.88. The molecule has 2 fully saturated rings. The number of likely N-dealkylation sites (N-methyl/N-ethyl adjacent to an activating group) is 2. The van der Waals surface area contributed by atoms with Gasteiger partial charge in [-0.15, -0.1) is 0 Å². The number of rotatable bonds is 20. The van der Waals surface area contributed by atoms with Gasteiger partial charge in [-0.2, -0.15) is 8.61 Å². The molecule has 2 aromatic heterocycles. The molecule has 0 aliphatic carbocycles. The Kier molecular flexibility index (Phi) is 20.6. The summed E-state index contributed by atoms with van der Waals surface area (Å²) in [6.45, 7) is 15.4. The number of halogens is 2. The Hall–Kier alpha value is -3.50. The number of nitrogens with zero attached hydrogens (tertiary/aromatic N) is 6. The van der Waals surface area contributed by atoms with Gasteiger partial charge in [-0.05, 0) is 114 Å². The highest BCUT2D eigenvalue weighted by Gasteiger charge is 2.31. The molecule has 6 rings (SSSR count). The minimum atomic E-state index is -3.68. The molecule has 2 aromatic carbocycles. The fourth-order valence-electron chi connectivity index (χ4n) is 7.66. The number of aryl methyl sites for hydroxylation is 1. The standard InChI is InChI=1S/C25H37BrN4O4S.C22H31BrN4O4S/c1-4-6-7-8-9-10-11-21-23(26)25(31)28-24(27-21)20-18-19(12-13-22(20)34-5-2)35(32,33)30-16-14-29(3)15-17-30;1-5-6-13-31-18-8-7-16(32(29,30)27-11-9-26(4)10-12-27)14-17(18)21-24-20(15(2)3)19(23)22(28)25-21/h12-13,18H,4-11,14-17H2,1-3H3,(H,27,28,31);7-8,14-15H,5-6,9-13H2,1-4H3,(H,24,25,28). The second kappa shape index (κ2) is 25.4. The second-order valence-electron chi connectivity index (χ2n) is 17.3. The molecule has 2 saturated heterocycles. The Bertz CT molecular complexity index is 2610. The molecule has 0 amide bonds. The largest absolute Gasteiger partial charge is 0.493 e. The maximum Gasteiger partial charge on any atom is 0.265 e. The van der Waals surface area contributed by atoms with Gasteiger partial charge in [0.15, 0.2) is 0 Å². The molecule has 2 N–H and O–H groups in total. The molecule has 0 bridgehead atoms. The predicted molar refractivity (Wildman–Crippen MR) is 271 cm³/mol. The van der Waals surface area contributed by atoms with Crippen molar-refractivity contribution in [3.63, 3.8) is 0 Å². The van der Waals surface area contributed by atoms with Gasteiger partial charge < -0.3 is 29.2 Å². The van der Waals surface area contributed by atoms with Crippen LogP contribution in [-0.2, 0) is 26.5 Å². The maximum atomic E-state index is 13.4. The summed E-state index contributed by atoms with van der Waals surface area (Å²) >= 11 is 6.71. The number of aromatic nitrogens is 4. The normalized spacial score (nSPS) is 15.7. The average molecular weight is 1100 g/mol. The number of benzene rings is 2. The molecule has 20 heteroatoms. The van der Waals surface area contributed by atoms with E-state index < -0.39 is 20.0 Å². The Balaban J connectivity index is 0.000000252. The zero-order chi connectivity index (χ0) is 48.9. The van der Waals surface area contributed by atoms with Gasteiger partial charge in [0.1, 0.15) is 32.1 Å². The smallest absolute Gasteiger partial charge is 0.265 e. The van der Waals surface area contributed by atoms with E-state index in [0.29, 0.717) is 127 Å². The first-order valence-electron chi connectivity index (χ1n) is 23.4. The second-order valence-corrected chi connectivity index (χ2v) is 22.8. The lowest BCUT2D eigenvalue weighted by atomic mass is 10.1. The third-order valence-electron chi connectivity index (χ3n) is 11.8. The summed E-state index contributed by atoms with van der Waals surface area (Å²) in [6.07, 6.45) is 9.36. The fourth-order valence-corrected chi connectivity index (χ4v) is 11.6. The summed E-state index contributed by atoms with van der Waals surface area (Å²) in [6, 6.07) is 9.57. The number of aromatic amines is 2. The van der Waals surface area contributed by atoms with Crippen LogP contribution < -0.4 is 20.6 Å². The van der Waals surface area contributed by atoms with E-state index in [0.717, 1.165) is 25.7 Å². The van der Waals surface area contributed by atoms with Crippen LogP contribution in [0.4, 0.5) is 0 Å². The molecular formula is C47H68Br2N8O8S2. The van der Waals surface area contributed by atoms with Crippen LogP contribution in [0.5, 0.6) is 11.5 Å². The molecule has 370 valence electrons. The SMILES string of the molecule is CCCCCCCCc1nc(-c2cc(S(=O)(=O)N3CCN(C)CC3)ccc2OCC)[nH]c(=O)c1Br.CCCCOc1ccc(S(=O)(=O)N2CCN(C)CC2)cc1-c1nc(C(C)C)c(Br)c(=O)[nH]1. The van der Waals surface area contributed by atoms with Gasteiger partial charge in [0.2, 0.25) is 20.0 Å². The molecule has 16 nitrogen and oxygen atoms in total. The van der Waals surface area contributed by atoms with Crippen molar-refractivity contribution in [3.05, 3.63) is 77.4 Å². The highest BCUT2D eigenvalue weighted by atomic mass is 79.9. The fraction of sp³-hybridized carbons (Fsp3) is 0.574. The summed E-state index contributed by atoms with van der Waals surface area (Å²) in [5.41, 5.74) is 1.61. The van der Waals surface area contributed by atoms with Gasteiger partial charge in [-0.1, -0.05) is 66.2 Å². The molecule has 4 aromatic rings. The number of hydrogen-bond donors (Lipinski definition) is 2. The third kappa shape index (κ3) is 14.3. The first-order valence-corrected chi connectivity index (χ1v) is 27.9. The van der Waals surface area contributed by atoms with E-state index >= 15 is 0 Å². The van der Waals surface area contributed by atoms with E-state index in [4.69, 9.17) is 14.5 Å². The van der Waals surface area contributed by atoms with Gasteiger partial charge in [-0.25, -0.2) is 26.8 Å². The number of nitrogens with one attached hydrogen (secondary N) is 2. The molecule has 0 unspecified atom stereocenters. The van der Waals surface area contributed by atoms with Crippen LogP contribution in [0.15, 0.2) is 64.7 Å². The molecular weight excluding hydrogens is 1030 g/mol. The first kappa shape index (κ1) is 54.4. The van der Waals surface area contributed by atoms with Gasteiger partial charge in [0, 0.05) is 52.4 Å². The summed E-state index contributed by atoms with van der Waals surface area (Å²) in [5, 5.41) is 0. The van der Waals surface area contributed by atoms with Crippen LogP contribution in [0.1, 0.15) is 103 Å². The lowest BCUT2D eigenvalue weighted by molar-refractivity contribution is 0.222. The maximum absolute atomic E-state index is 13.4. The van der Waals surface area contributed by atoms with Gasteiger partial charge in [0.25, 0.3) is 11.1 Å². The molecule has 2 aliphatic heterocycles. The van der Waals surface area contributed by atoms with Gasteiger partial charge in [-0.3, -0.25) is 9.59 Å². The molecule has 0 atom stereocenters. The molecule has 67 heavy (non-hydrogen) atoms. The van der Waals surface area contributed by atoms with Gasteiger partial charge >= 0.3 is 0 Å². The Labute approximate surface area is 413 Å². The van der Waals surface area contributed by atoms with Crippen molar-refractivity contribution in [3.8, 4) is 34.3 Å². The number of H-pyrrole nitrogens is 2. The van der Waals surface area contributed by atoms with E-state index in [9.17, 15) is 26.4 Å². The lowest BCUT2D eigenvalue weighted by Gasteiger charge is -2.31. The lowest BCUT2D eigenvalue weighted by Crippen LogP contribution is -2.47. The van der Waals surface area contributed by atoms with Crippen molar-refractivity contribution >= 4 is 51.9 Å². The van der Waals surface area contributed by atoms with Crippen LogP contribution in [0.25, 0.3) is 22.8 Å². The van der Waals surface area contributed by atoms with Crippen molar-refractivity contribution in [1.29, 1.82) is 0 Å². The Morgan fingerprint density at radius 1 is 0.627 bits per heavy atom. The van der Waals surface area contributed by atoms with Crippen molar-refractivity contribution in [2.75, 3.05) is 79.7 Å². The van der Waals surface area contributed by atoms with E-state index in [-0.39, 0.29) is 26.8 Å². The van der Waals surface area contributed by atoms with E-state index in [1.807, 2.05) is 34.9 Å². The first-order chi connectivity index (χ1) is 31.9.